The number of carbonyl (C=O) groups excluding carboxylic acids is 1. The van der Waals surface area contributed by atoms with Crippen LogP contribution >= 0.6 is 0 Å². The molecule has 5 heteroatoms. The summed E-state index contributed by atoms with van der Waals surface area (Å²) in [5.41, 5.74) is 11.8. The summed E-state index contributed by atoms with van der Waals surface area (Å²) in [5.74, 6) is 0.411. The predicted octanol–water partition coefficient (Wildman–Crippen LogP) is 3.16. The molecule has 142 valence electrons. The van der Waals surface area contributed by atoms with Gasteiger partial charge >= 0.3 is 0 Å². The van der Waals surface area contributed by atoms with Crippen LogP contribution in [-0.2, 0) is 18.3 Å². The number of aryl methyl sites for hydroxylation is 2. The SMILES string of the molecule is Cc1nn(C)c(C)c1CC(C)C(=O)NCC(N)c1ccc(C(C)C)cc1. The van der Waals surface area contributed by atoms with E-state index in [0.29, 0.717) is 18.9 Å². The number of benzene rings is 1. The molecule has 0 fully saturated rings. The lowest BCUT2D eigenvalue weighted by molar-refractivity contribution is -0.124. The van der Waals surface area contributed by atoms with Gasteiger partial charge in [-0.15, -0.1) is 0 Å². The second-order valence-corrected chi connectivity index (χ2v) is 7.55. The number of hydrogen-bond donors (Lipinski definition) is 2. The first-order valence-corrected chi connectivity index (χ1v) is 9.32. The third-order valence-corrected chi connectivity index (χ3v) is 5.14. The smallest absolute Gasteiger partial charge is 0.223 e. The summed E-state index contributed by atoms with van der Waals surface area (Å²) in [5, 5.41) is 7.41. The normalized spacial score (nSPS) is 13.7. The summed E-state index contributed by atoms with van der Waals surface area (Å²) >= 11 is 0. The average molecular weight is 357 g/mol. The van der Waals surface area contributed by atoms with E-state index in [9.17, 15) is 4.79 Å². The van der Waals surface area contributed by atoms with Gasteiger partial charge in [-0.2, -0.15) is 5.10 Å². The molecule has 1 heterocycles. The number of nitrogens with one attached hydrogen (secondary N) is 1. The van der Waals surface area contributed by atoms with Crippen LogP contribution < -0.4 is 11.1 Å². The van der Waals surface area contributed by atoms with Gasteiger partial charge in [0.15, 0.2) is 0 Å². The average Bonchev–Trinajstić information content (AvgIpc) is 2.85. The molecule has 2 unspecified atom stereocenters. The van der Waals surface area contributed by atoms with Gasteiger partial charge in [-0.1, -0.05) is 45.0 Å². The van der Waals surface area contributed by atoms with Crippen molar-refractivity contribution in [2.45, 2.75) is 53.0 Å². The molecule has 0 spiro atoms. The third kappa shape index (κ3) is 4.73. The maximum absolute atomic E-state index is 12.5. The summed E-state index contributed by atoms with van der Waals surface area (Å²) in [7, 11) is 1.93. The Hall–Kier alpha value is -2.14. The summed E-state index contributed by atoms with van der Waals surface area (Å²) in [6.07, 6.45) is 0.690. The lowest BCUT2D eigenvalue weighted by Crippen LogP contribution is -2.36. The van der Waals surface area contributed by atoms with E-state index in [1.54, 1.807) is 0 Å². The van der Waals surface area contributed by atoms with Crippen LogP contribution in [0.4, 0.5) is 0 Å². The molecule has 5 nitrogen and oxygen atoms in total. The standard InChI is InChI=1S/C21H32N4O/c1-13(2)17-7-9-18(10-8-17)20(22)12-23-21(26)14(3)11-19-15(4)24-25(6)16(19)5/h7-10,13-14,20H,11-12,22H2,1-6H3,(H,23,26). The van der Waals surface area contributed by atoms with E-state index in [0.717, 1.165) is 22.5 Å². The van der Waals surface area contributed by atoms with Gasteiger partial charge in [0, 0.05) is 31.2 Å². The molecule has 0 aliphatic heterocycles. The van der Waals surface area contributed by atoms with Crippen LogP contribution in [0.2, 0.25) is 0 Å². The fourth-order valence-corrected chi connectivity index (χ4v) is 3.14. The first-order valence-electron chi connectivity index (χ1n) is 9.32. The Labute approximate surface area is 157 Å². The summed E-state index contributed by atoms with van der Waals surface area (Å²) in [6, 6.07) is 8.13. The van der Waals surface area contributed by atoms with Gasteiger partial charge in [-0.3, -0.25) is 9.48 Å². The second-order valence-electron chi connectivity index (χ2n) is 7.55. The van der Waals surface area contributed by atoms with Crippen molar-refractivity contribution in [1.82, 2.24) is 15.1 Å². The zero-order valence-corrected chi connectivity index (χ0v) is 16.8. The number of nitrogens with zero attached hydrogens (tertiary/aromatic N) is 2. The fourth-order valence-electron chi connectivity index (χ4n) is 3.14. The molecular weight excluding hydrogens is 324 g/mol. The van der Waals surface area contributed by atoms with Crippen molar-refractivity contribution >= 4 is 5.91 Å². The van der Waals surface area contributed by atoms with Crippen molar-refractivity contribution in [1.29, 1.82) is 0 Å². The lowest BCUT2D eigenvalue weighted by Gasteiger charge is -2.17. The number of hydrogen-bond acceptors (Lipinski definition) is 3. The Bertz CT molecular complexity index is 746. The van der Waals surface area contributed by atoms with E-state index in [4.69, 9.17) is 5.73 Å². The molecule has 3 N–H and O–H groups in total. The molecule has 0 bridgehead atoms. The number of carbonyl (C=O) groups is 1. The minimum absolute atomic E-state index is 0.0295. The topological polar surface area (TPSA) is 72.9 Å². The van der Waals surface area contributed by atoms with E-state index in [2.05, 4.69) is 48.5 Å². The molecule has 2 atom stereocenters. The van der Waals surface area contributed by atoms with Crippen LogP contribution in [0.15, 0.2) is 24.3 Å². The maximum atomic E-state index is 12.5. The molecular formula is C21H32N4O. The highest BCUT2D eigenvalue weighted by Gasteiger charge is 2.19. The highest BCUT2D eigenvalue weighted by atomic mass is 16.1. The van der Waals surface area contributed by atoms with E-state index >= 15 is 0 Å². The van der Waals surface area contributed by atoms with Crippen molar-refractivity contribution < 1.29 is 4.79 Å². The van der Waals surface area contributed by atoms with Gasteiger partial charge in [0.25, 0.3) is 0 Å². The molecule has 0 saturated carbocycles. The van der Waals surface area contributed by atoms with Crippen molar-refractivity contribution in [3.63, 3.8) is 0 Å². The van der Waals surface area contributed by atoms with Gasteiger partial charge in [0.2, 0.25) is 5.91 Å². The van der Waals surface area contributed by atoms with Crippen molar-refractivity contribution in [2.75, 3.05) is 6.54 Å². The lowest BCUT2D eigenvalue weighted by atomic mass is 9.98. The third-order valence-electron chi connectivity index (χ3n) is 5.14. The minimum Gasteiger partial charge on any atom is -0.354 e. The molecule has 1 aromatic carbocycles. The second kappa shape index (κ2) is 8.49. The first-order chi connectivity index (χ1) is 12.2. The van der Waals surface area contributed by atoms with E-state index in [1.807, 2.05) is 32.5 Å². The monoisotopic (exact) mass is 356 g/mol. The van der Waals surface area contributed by atoms with E-state index in [-0.39, 0.29) is 17.9 Å². The van der Waals surface area contributed by atoms with Crippen molar-refractivity contribution in [3.05, 3.63) is 52.3 Å². The number of amides is 1. The van der Waals surface area contributed by atoms with Gasteiger partial charge in [-0.05, 0) is 42.9 Å². The van der Waals surface area contributed by atoms with E-state index in [1.165, 1.54) is 5.56 Å². The van der Waals surface area contributed by atoms with Crippen LogP contribution in [0.1, 0.15) is 60.8 Å². The van der Waals surface area contributed by atoms with Crippen LogP contribution in [-0.4, -0.2) is 22.2 Å². The number of aromatic nitrogens is 2. The summed E-state index contributed by atoms with van der Waals surface area (Å²) in [6.45, 7) is 10.8. The van der Waals surface area contributed by atoms with Gasteiger partial charge < -0.3 is 11.1 Å². The predicted molar refractivity (Wildman–Crippen MR) is 106 cm³/mol. The molecule has 0 aliphatic carbocycles. The van der Waals surface area contributed by atoms with E-state index < -0.39 is 0 Å². The zero-order chi connectivity index (χ0) is 19.4. The Morgan fingerprint density at radius 3 is 2.23 bits per heavy atom. The van der Waals surface area contributed by atoms with Crippen LogP contribution in [0.5, 0.6) is 0 Å². The molecule has 1 amide bonds. The molecule has 26 heavy (non-hydrogen) atoms. The molecule has 2 aromatic rings. The largest absolute Gasteiger partial charge is 0.354 e. The number of nitrogens with two attached hydrogens (primary N) is 1. The summed E-state index contributed by atoms with van der Waals surface area (Å²) in [4.78, 5) is 12.5. The Balaban J connectivity index is 1.90. The quantitative estimate of drug-likeness (QED) is 0.800. The van der Waals surface area contributed by atoms with Crippen LogP contribution in [0.3, 0.4) is 0 Å². The van der Waals surface area contributed by atoms with Crippen LogP contribution in [0, 0.1) is 19.8 Å². The molecule has 0 radical (unpaired) electrons. The molecule has 1 aromatic heterocycles. The summed E-state index contributed by atoms with van der Waals surface area (Å²) < 4.78 is 1.87. The Morgan fingerprint density at radius 1 is 1.15 bits per heavy atom. The van der Waals surface area contributed by atoms with Crippen molar-refractivity contribution in [2.24, 2.45) is 18.7 Å². The highest BCUT2D eigenvalue weighted by molar-refractivity contribution is 5.78. The highest BCUT2D eigenvalue weighted by Crippen LogP contribution is 2.19. The van der Waals surface area contributed by atoms with Gasteiger partial charge in [0.05, 0.1) is 5.69 Å². The molecule has 0 saturated heterocycles. The number of rotatable bonds is 7. The van der Waals surface area contributed by atoms with Crippen molar-refractivity contribution in [3.8, 4) is 0 Å². The zero-order valence-electron chi connectivity index (χ0n) is 16.8. The Morgan fingerprint density at radius 2 is 1.73 bits per heavy atom. The molecule has 0 aliphatic rings. The van der Waals surface area contributed by atoms with Gasteiger partial charge in [-0.25, -0.2) is 0 Å². The van der Waals surface area contributed by atoms with Crippen LogP contribution in [0.25, 0.3) is 0 Å². The maximum Gasteiger partial charge on any atom is 0.223 e. The minimum atomic E-state index is -0.200. The van der Waals surface area contributed by atoms with Gasteiger partial charge in [0.1, 0.15) is 0 Å². The first kappa shape index (κ1) is 20.2. The fraction of sp³-hybridized carbons (Fsp3) is 0.524. The molecule has 2 rings (SSSR count). The Kier molecular flexibility index (Phi) is 6.59.